The van der Waals surface area contributed by atoms with Crippen LogP contribution in [-0.2, 0) is 19.1 Å². The molecule has 0 heterocycles. The summed E-state index contributed by atoms with van der Waals surface area (Å²) in [6.45, 7) is 0.141. The van der Waals surface area contributed by atoms with Crippen molar-refractivity contribution < 1.29 is 29.0 Å². The fraction of sp³-hybridized carbons (Fsp3) is 0.423. The molecule has 2 saturated carbocycles. The standard InChI is InChI=1S/C26H28N2O6/c1-33-14-22(23(29)30)28-24(31)26-11-15(26)10-16(12-26)27-25(32)34-13-21-19-8-4-2-6-17(19)18-7-3-5-9-20(18)21/h2-9,15-16,21-22H,10-14H2,1H3,(H,27,32)(H,28,31)(H,29,30)/t15-,16+,22-,26+/m0/s1. The molecule has 8 nitrogen and oxygen atoms in total. The molecule has 0 unspecified atom stereocenters. The summed E-state index contributed by atoms with van der Waals surface area (Å²) < 4.78 is 10.5. The van der Waals surface area contributed by atoms with Crippen LogP contribution in [0.15, 0.2) is 48.5 Å². The summed E-state index contributed by atoms with van der Waals surface area (Å²) in [6.07, 6.45) is 1.37. The van der Waals surface area contributed by atoms with Gasteiger partial charge >= 0.3 is 12.1 Å². The van der Waals surface area contributed by atoms with Crippen LogP contribution in [0.3, 0.4) is 0 Å². The van der Waals surface area contributed by atoms with E-state index in [9.17, 15) is 19.5 Å². The summed E-state index contributed by atoms with van der Waals surface area (Å²) in [5, 5.41) is 14.8. The summed E-state index contributed by atoms with van der Waals surface area (Å²) in [6, 6.07) is 15.1. The molecule has 178 valence electrons. The molecular formula is C26H28N2O6. The highest BCUT2D eigenvalue weighted by molar-refractivity contribution is 5.90. The van der Waals surface area contributed by atoms with Crippen molar-refractivity contribution >= 4 is 18.0 Å². The van der Waals surface area contributed by atoms with Crippen LogP contribution in [-0.4, -0.2) is 55.5 Å². The first-order valence-electron chi connectivity index (χ1n) is 11.6. The molecule has 0 aliphatic heterocycles. The van der Waals surface area contributed by atoms with Crippen LogP contribution in [0.4, 0.5) is 4.79 Å². The first kappa shape index (κ1) is 22.4. The van der Waals surface area contributed by atoms with Gasteiger partial charge in [-0.05, 0) is 47.4 Å². The fourth-order valence-electron chi connectivity index (χ4n) is 5.74. The van der Waals surface area contributed by atoms with E-state index >= 15 is 0 Å². The third kappa shape index (κ3) is 3.92. The summed E-state index contributed by atoms with van der Waals surface area (Å²) in [5.41, 5.74) is 4.03. The van der Waals surface area contributed by atoms with Crippen molar-refractivity contribution in [3.05, 3.63) is 59.7 Å². The lowest BCUT2D eigenvalue weighted by atomic mass is 9.98. The molecular weight excluding hydrogens is 436 g/mol. The van der Waals surface area contributed by atoms with Gasteiger partial charge in [-0.15, -0.1) is 0 Å². The van der Waals surface area contributed by atoms with Gasteiger partial charge < -0.3 is 25.2 Å². The van der Waals surface area contributed by atoms with E-state index in [0.717, 1.165) is 11.1 Å². The molecule has 0 radical (unpaired) electrons. The van der Waals surface area contributed by atoms with E-state index in [-0.39, 0.29) is 37.0 Å². The van der Waals surface area contributed by atoms with E-state index < -0.39 is 23.5 Å². The van der Waals surface area contributed by atoms with Crippen molar-refractivity contribution in [2.24, 2.45) is 11.3 Å². The quantitative estimate of drug-likeness (QED) is 0.554. The summed E-state index contributed by atoms with van der Waals surface area (Å²) in [4.78, 5) is 36.7. The monoisotopic (exact) mass is 464 g/mol. The van der Waals surface area contributed by atoms with Gasteiger partial charge in [0.15, 0.2) is 6.04 Å². The molecule has 2 aromatic carbocycles. The van der Waals surface area contributed by atoms with E-state index in [1.54, 1.807) is 0 Å². The van der Waals surface area contributed by atoms with Gasteiger partial charge in [-0.1, -0.05) is 48.5 Å². The number of carboxylic acids is 1. The van der Waals surface area contributed by atoms with Crippen molar-refractivity contribution in [2.75, 3.05) is 20.3 Å². The SMILES string of the molecule is COC[C@H](NC(=O)[C@]12C[C@H](NC(=O)OCC3c4ccccc4-c4ccccc43)C[C@H]1C2)C(=O)O. The minimum Gasteiger partial charge on any atom is -0.480 e. The van der Waals surface area contributed by atoms with Crippen molar-refractivity contribution in [2.45, 2.75) is 37.3 Å². The zero-order valence-corrected chi connectivity index (χ0v) is 19.0. The number of hydrogen-bond acceptors (Lipinski definition) is 5. The second-order valence-corrected chi connectivity index (χ2v) is 9.48. The number of carboxylic acid groups (broad SMARTS) is 1. The molecule has 2 amide bonds. The Hall–Kier alpha value is -3.39. The number of benzene rings is 2. The number of amides is 2. The van der Waals surface area contributed by atoms with E-state index in [1.807, 2.05) is 24.3 Å². The fourth-order valence-corrected chi connectivity index (χ4v) is 5.74. The number of carbonyl (C=O) groups excluding carboxylic acids is 2. The number of carbonyl (C=O) groups is 3. The molecule has 0 aromatic heterocycles. The molecule has 8 heteroatoms. The number of alkyl carbamates (subject to hydrolysis) is 1. The Morgan fingerprint density at radius 1 is 1.06 bits per heavy atom. The van der Waals surface area contributed by atoms with Gasteiger partial charge in [0, 0.05) is 19.1 Å². The highest BCUT2D eigenvalue weighted by Gasteiger charge is 2.65. The van der Waals surface area contributed by atoms with E-state index in [1.165, 1.54) is 18.2 Å². The van der Waals surface area contributed by atoms with Crippen LogP contribution < -0.4 is 10.6 Å². The number of hydrogen-bond donors (Lipinski definition) is 3. The number of rotatable bonds is 8. The second kappa shape index (κ2) is 8.76. The molecule has 4 atom stereocenters. The number of methoxy groups -OCH3 is 1. The van der Waals surface area contributed by atoms with Crippen LogP contribution in [0, 0.1) is 11.3 Å². The molecule has 0 saturated heterocycles. The summed E-state index contributed by atoms with van der Waals surface area (Å²) in [7, 11) is 1.39. The van der Waals surface area contributed by atoms with E-state index in [2.05, 4.69) is 34.9 Å². The Morgan fingerprint density at radius 3 is 2.32 bits per heavy atom. The Kier molecular flexibility index (Phi) is 5.77. The van der Waals surface area contributed by atoms with Crippen LogP contribution in [0.25, 0.3) is 11.1 Å². The van der Waals surface area contributed by atoms with Gasteiger partial charge in [0.1, 0.15) is 6.61 Å². The number of fused-ring (bicyclic) bond motifs is 4. The molecule has 2 aromatic rings. The average molecular weight is 465 g/mol. The molecule has 3 N–H and O–H groups in total. The minimum absolute atomic E-state index is 0.0130. The van der Waals surface area contributed by atoms with Crippen molar-refractivity contribution in [1.82, 2.24) is 10.6 Å². The largest absolute Gasteiger partial charge is 0.480 e. The van der Waals surface area contributed by atoms with Gasteiger partial charge in [-0.3, -0.25) is 4.79 Å². The van der Waals surface area contributed by atoms with Crippen molar-refractivity contribution in [3.63, 3.8) is 0 Å². The zero-order chi connectivity index (χ0) is 23.9. The first-order valence-corrected chi connectivity index (χ1v) is 11.6. The van der Waals surface area contributed by atoms with Gasteiger partial charge in [0.25, 0.3) is 0 Å². The summed E-state index contributed by atoms with van der Waals surface area (Å²) >= 11 is 0. The lowest BCUT2D eigenvalue weighted by Crippen LogP contribution is -2.47. The predicted octanol–water partition coefficient (Wildman–Crippen LogP) is 2.91. The normalized spacial score (nSPS) is 25.0. The van der Waals surface area contributed by atoms with Crippen LogP contribution in [0.2, 0.25) is 0 Å². The average Bonchev–Trinajstić information content (AvgIpc) is 3.25. The predicted molar refractivity (Wildman–Crippen MR) is 123 cm³/mol. The third-order valence-corrected chi connectivity index (χ3v) is 7.47. The number of ether oxygens (including phenoxy) is 2. The lowest BCUT2D eigenvalue weighted by Gasteiger charge is -2.21. The van der Waals surface area contributed by atoms with Crippen molar-refractivity contribution in [3.8, 4) is 11.1 Å². The molecule has 34 heavy (non-hydrogen) atoms. The topological polar surface area (TPSA) is 114 Å². The van der Waals surface area contributed by atoms with Gasteiger partial charge in [-0.2, -0.15) is 0 Å². The molecule has 3 aliphatic rings. The highest BCUT2D eigenvalue weighted by Crippen LogP contribution is 2.63. The van der Waals surface area contributed by atoms with Crippen LogP contribution in [0.1, 0.15) is 36.3 Å². The Labute approximate surface area is 197 Å². The lowest BCUT2D eigenvalue weighted by molar-refractivity contribution is -0.144. The van der Waals surface area contributed by atoms with E-state index in [4.69, 9.17) is 9.47 Å². The smallest absolute Gasteiger partial charge is 0.407 e. The maximum absolute atomic E-state index is 12.8. The maximum Gasteiger partial charge on any atom is 0.407 e. The van der Waals surface area contributed by atoms with Crippen molar-refractivity contribution in [1.29, 1.82) is 0 Å². The number of nitrogens with one attached hydrogen (secondary N) is 2. The Bertz CT molecular complexity index is 1090. The minimum atomic E-state index is -1.13. The second-order valence-electron chi connectivity index (χ2n) is 9.48. The number of aliphatic carboxylic acids is 1. The molecule has 2 fully saturated rings. The molecule has 0 spiro atoms. The van der Waals surface area contributed by atoms with Gasteiger partial charge in [-0.25, -0.2) is 9.59 Å². The Morgan fingerprint density at radius 2 is 1.71 bits per heavy atom. The maximum atomic E-state index is 12.8. The molecule has 3 aliphatic carbocycles. The highest BCUT2D eigenvalue weighted by atomic mass is 16.5. The van der Waals surface area contributed by atoms with Gasteiger partial charge in [0.2, 0.25) is 5.91 Å². The van der Waals surface area contributed by atoms with Crippen LogP contribution in [0.5, 0.6) is 0 Å². The zero-order valence-electron chi connectivity index (χ0n) is 19.0. The Balaban J connectivity index is 1.17. The third-order valence-electron chi connectivity index (χ3n) is 7.47. The van der Waals surface area contributed by atoms with Crippen LogP contribution >= 0.6 is 0 Å². The molecule has 5 rings (SSSR count). The molecule has 0 bridgehead atoms. The van der Waals surface area contributed by atoms with E-state index in [0.29, 0.717) is 19.3 Å². The summed E-state index contributed by atoms with van der Waals surface area (Å²) in [5.74, 6) is -1.28. The van der Waals surface area contributed by atoms with Gasteiger partial charge in [0.05, 0.1) is 12.0 Å². The first-order chi connectivity index (χ1) is 16.4.